The molecule has 0 unspecified atom stereocenters. The van der Waals surface area contributed by atoms with E-state index in [1.54, 1.807) is 6.20 Å². The summed E-state index contributed by atoms with van der Waals surface area (Å²) in [5, 5.41) is 3.36. The number of hydrogen-bond acceptors (Lipinski definition) is 3. The molecule has 19 heavy (non-hydrogen) atoms. The quantitative estimate of drug-likeness (QED) is 0.902. The number of oxazole rings is 1. The first-order valence-electron chi connectivity index (χ1n) is 6.36. The molecule has 0 atom stereocenters. The zero-order chi connectivity index (χ0) is 13.2. The van der Waals surface area contributed by atoms with E-state index >= 15 is 0 Å². The van der Waals surface area contributed by atoms with Crippen LogP contribution in [0.5, 0.6) is 0 Å². The maximum Gasteiger partial charge on any atom is 0.196 e. The highest BCUT2D eigenvalue weighted by Gasteiger charge is 2.20. The van der Waals surface area contributed by atoms with Crippen LogP contribution in [0.4, 0.5) is 8.78 Å². The zero-order valence-electron chi connectivity index (χ0n) is 10.3. The highest BCUT2D eigenvalue weighted by atomic mass is 19.2. The van der Waals surface area contributed by atoms with Gasteiger partial charge < -0.3 is 9.73 Å². The van der Waals surface area contributed by atoms with Crippen LogP contribution in [-0.2, 0) is 6.42 Å². The second-order valence-corrected chi connectivity index (χ2v) is 4.73. The van der Waals surface area contributed by atoms with Gasteiger partial charge in [0.25, 0.3) is 0 Å². The van der Waals surface area contributed by atoms with E-state index in [2.05, 4.69) is 10.3 Å². The van der Waals surface area contributed by atoms with Gasteiger partial charge in [-0.05, 0) is 31.0 Å². The highest BCUT2D eigenvalue weighted by molar-refractivity contribution is 5.56. The average molecular weight is 264 g/mol. The van der Waals surface area contributed by atoms with Crippen molar-refractivity contribution in [3.63, 3.8) is 0 Å². The van der Waals surface area contributed by atoms with Crippen molar-refractivity contribution in [2.75, 3.05) is 6.54 Å². The van der Waals surface area contributed by atoms with Crippen molar-refractivity contribution < 1.29 is 13.2 Å². The number of aromatic nitrogens is 1. The fourth-order valence-corrected chi connectivity index (χ4v) is 1.88. The van der Waals surface area contributed by atoms with Crippen molar-refractivity contribution in [3.8, 4) is 11.3 Å². The Bertz CT molecular complexity index is 579. The van der Waals surface area contributed by atoms with Crippen molar-refractivity contribution in [3.05, 3.63) is 41.9 Å². The molecule has 100 valence electrons. The third kappa shape index (κ3) is 2.98. The minimum atomic E-state index is -0.883. The first-order chi connectivity index (χ1) is 9.22. The molecular formula is C14H14F2N2O. The number of benzene rings is 1. The Labute approximate surface area is 109 Å². The monoisotopic (exact) mass is 264 g/mol. The number of nitrogens with zero attached hydrogens (tertiary/aromatic N) is 1. The summed E-state index contributed by atoms with van der Waals surface area (Å²) < 4.78 is 31.5. The Hall–Kier alpha value is -1.75. The summed E-state index contributed by atoms with van der Waals surface area (Å²) in [7, 11) is 0. The molecule has 1 heterocycles. The molecule has 5 heteroatoms. The van der Waals surface area contributed by atoms with Crippen molar-refractivity contribution in [1.29, 1.82) is 0 Å². The molecule has 0 spiro atoms. The molecule has 3 nitrogen and oxygen atoms in total. The zero-order valence-corrected chi connectivity index (χ0v) is 10.3. The van der Waals surface area contributed by atoms with E-state index in [-0.39, 0.29) is 0 Å². The van der Waals surface area contributed by atoms with Crippen molar-refractivity contribution in [1.82, 2.24) is 10.3 Å². The van der Waals surface area contributed by atoms with E-state index in [9.17, 15) is 8.78 Å². The molecule has 0 saturated heterocycles. The summed E-state index contributed by atoms with van der Waals surface area (Å²) in [6, 6.07) is 4.33. The largest absolute Gasteiger partial charge is 0.441 e. The van der Waals surface area contributed by atoms with Crippen molar-refractivity contribution in [2.45, 2.75) is 25.3 Å². The molecule has 1 fully saturated rings. The minimum Gasteiger partial charge on any atom is -0.441 e. The third-order valence-electron chi connectivity index (χ3n) is 3.11. The molecule has 0 bridgehead atoms. The van der Waals surface area contributed by atoms with Crippen LogP contribution >= 0.6 is 0 Å². The van der Waals surface area contributed by atoms with Gasteiger partial charge in [0.05, 0.1) is 6.20 Å². The lowest BCUT2D eigenvalue weighted by Crippen LogP contribution is -2.19. The molecule has 1 N–H and O–H groups in total. The Balaban J connectivity index is 1.67. The lowest BCUT2D eigenvalue weighted by atomic mass is 10.2. The number of halogens is 2. The van der Waals surface area contributed by atoms with E-state index in [4.69, 9.17) is 4.42 Å². The fraction of sp³-hybridized carbons (Fsp3) is 0.357. The third-order valence-corrected chi connectivity index (χ3v) is 3.11. The minimum absolute atomic E-state index is 0.459. The van der Waals surface area contributed by atoms with Crippen molar-refractivity contribution in [2.24, 2.45) is 0 Å². The summed E-state index contributed by atoms with van der Waals surface area (Å²) >= 11 is 0. The Morgan fingerprint density at radius 1 is 1.26 bits per heavy atom. The summed E-state index contributed by atoms with van der Waals surface area (Å²) in [6.45, 7) is 0.822. The molecule has 0 radical (unpaired) electrons. The molecular weight excluding hydrogens is 250 g/mol. The number of rotatable bonds is 5. The van der Waals surface area contributed by atoms with Gasteiger partial charge in [0.1, 0.15) is 0 Å². The smallest absolute Gasteiger partial charge is 0.196 e. The van der Waals surface area contributed by atoms with Crippen LogP contribution in [0.1, 0.15) is 18.7 Å². The van der Waals surface area contributed by atoms with Gasteiger partial charge in [-0.1, -0.05) is 0 Å². The second kappa shape index (κ2) is 5.09. The SMILES string of the molecule is Fc1ccc(-c2cnc(CCNC3CC3)o2)cc1F. The van der Waals surface area contributed by atoms with E-state index in [0.717, 1.165) is 18.7 Å². The predicted molar refractivity (Wildman–Crippen MR) is 66.6 cm³/mol. The van der Waals surface area contributed by atoms with E-state index in [1.165, 1.54) is 18.9 Å². The number of hydrogen-bond donors (Lipinski definition) is 1. The fourth-order valence-electron chi connectivity index (χ4n) is 1.88. The molecule has 2 aromatic rings. The lowest BCUT2D eigenvalue weighted by molar-refractivity contribution is 0.491. The average Bonchev–Trinajstić information content (AvgIpc) is 3.10. The maximum atomic E-state index is 13.1. The molecule has 1 aliphatic carbocycles. The van der Waals surface area contributed by atoms with Gasteiger partial charge in [0.15, 0.2) is 23.3 Å². The number of nitrogens with one attached hydrogen (secondary N) is 1. The summed E-state index contributed by atoms with van der Waals surface area (Å²) in [6.07, 6.45) is 4.72. The molecule has 1 aromatic carbocycles. The van der Waals surface area contributed by atoms with Crippen LogP contribution in [-0.4, -0.2) is 17.6 Å². The van der Waals surface area contributed by atoms with Gasteiger partial charge in [0.2, 0.25) is 0 Å². The normalized spacial score (nSPS) is 14.8. The molecule has 1 saturated carbocycles. The van der Waals surface area contributed by atoms with Gasteiger partial charge in [-0.2, -0.15) is 0 Å². The second-order valence-electron chi connectivity index (χ2n) is 4.73. The summed E-state index contributed by atoms with van der Waals surface area (Å²) in [4.78, 5) is 4.14. The Kier molecular flexibility index (Phi) is 3.29. The standard InChI is InChI=1S/C14H14F2N2O/c15-11-4-1-9(7-12(11)16)13-8-18-14(19-13)5-6-17-10-2-3-10/h1,4,7-8,10,17H,2-3,5-6H2. The topological polar surface area (TPSA) is 38.1 Å². The first kappa shape index (κ1) is 12.3. The van der Waals surface area contributed by atoms with Crippen LogP contribution in [0.2, 0.25) is 0 Å². The maximum absolute atomic E-state index is 13.1. The molecule has 1 aromatic heterocycles. The van der Waals surface area contributed by atoms with Gasteiger partial charge in [-0.3, -0.25) is 0 Å². The van der Waals surface area contributed by atoms with Crippen LogP contribution in [0.3, 0.4) is 0 Å². The van der Waals surface area contributed by atoms with Crippen LogP contribution < -0.4 is 5.32 Å². The predicted octanol–water partition coefficient (Wildman–Crippen LogP) is 2.91. The van der Waals surface area contributed by atoms with Gasteiger partial charge in [-0.25, -0.2) is 13.8 Å². The summed E-state index contributed by atoms with van der Waals surface area (Å²) in [5.74, 6) is -0.684. The molecule has 0 aliphatic heterocycles. The Morgan fingerprint density at radius 3 is 2.84 bits per heavy atom. The Morgan fingerprint density at radius 2 is 2.11 bits per heavy atom. The molecule has 1 aliphatic rings. The van der Waals surface area contributed by atoms with Crippen LogP contribution in [0, 0.1) is 11.6 Å². The first-order valence-corrected chi connectivity index (χ1v) is 6.36. The highest BCUT2D eigenvalue weighted by Crippen LogP contribution is 2.23. The van der Waals surface area contributed by atoms with Gasteiger partial charge >= 0.3 is 0 Å². The lowest BCUT2D eigenvalue weighted by Gasteiger charge is -1.99. The summed E-state index contributed by atoms with van der Waals surface area (Å²) in [5.41, 5.74) is 0.493. The molecule has 3 rings (SSSR count). The van der Waals surface area contributed by atoms with E-state index in [0.29, 0.717) is 29.7 Å². The van der Waals surface area contributed by atoms with E-state index < -0.39 is 11.6 Å². The van der Waals surface area contributed by atoms with Crippen molar-refractivity contribution >= 4 is 0 Å². The van der Waals surface area contributed by atoms with Gasteiger partial charge in [-0.15, -0.1) is 0 Å². The molecule has 0 amide bonds. The van der Waals surface area contributed by atoms with Gasteiger partial charge in [0, 0.05) is 24.6 Å². The van der Waals surface area contributed by atoms with Crippen LogP contribution in [0.25, 0.3) is 11.3 Å². The van der Waals surface area contributed by atoms with E-state index in [1.807, 2.05) is 0 Å². The van der Waals surface area contributed by atoms with Crippen LogP contribution in [0.15, 0.2) is 28.8 Å².